The molecule has 0 saturated carbocycles. The van der Waals surface area contributed by atoms with Crippen LogP contribution in [0, 0.1) is 5.92 Å². The molecule has 1 N–H and O–H groups in total. The summed E-state index contributed by atoms with van der Waals surface area (Å²) in [4.78, 5) is 0. The lowest BCUT2D eigenvalue weighted by atomic mass is 9.92. The highest BCUT2D eigenvalue weighted by molar-refractivity contribution is 9.10. The maximum Gasteiger partial charge on any atom is 0.0595 e. The summed E-state index contributed by atoms with van der Waals surface area (Å²) >= 11 is 9.92. The predicted molar refractivity (Wildman–Crippen MR) is 79.1 cm³/mol. The van der Waals surface area contributed by atoms with E-state index in [1.807, 2.05) is 12.1 Å². The van der Waals surface area contributed by atoms with Crippen LogP contribution in [0.4, 0.5) is 0 Å². The van der Waals surface area contributed by atoms with Gasteiger partial charge in [-0.1, -0.05) is 30.7 Å². The molecule has 2 atom stereocenters. The van der Waals surface area contributed by atoms with Gasteiger partial charge in [-0.25, -0.2) is 0 Å². The summed E-state index contributed by atoms with van der Waals surface area (Å²) < 4.78 is 6.48. The van der Waals surface area contributed by atoms with Crippen molar-refractivity contribution in [3.63, 3.8) is 0 Å². The molecule has 0 spiro atoms. The van der Waals surface area contributed by atoms with Gasteiger partial charge >= 0.3 is 0 Å². The SMILES string of the molecule is CCCNC(c1cccc(Br)c1Cl)C1CCOC1. The van der Waals surface area contributed by atoms with Gasteiger partial charge in [0.2, 0.25) is 0 Å². The van der Waals surface area contributed by atoms with Gasteiger partial charge in [-0.2, -0.15) is 0 Å². The van der Waals surface area contributed by atoms with E-state index in [-0.39, 0.29) is 6.04 Å². The number of hydrogen-bond donors (Lipinski definition) is 1. The highest BCUT2D eigenvalue weighted by Gasteiger charge is 2.28. The third-order valence-electron chi connectivity index (χ3n) is 3.37. The molecule has 0 bridgehead atoms. The summed E-state index contributed by atoms with van der Waals surface area (Å²) in [7, 11) is 0. The van der Waals surface area contributed by atoms with Gasteiger partial charge in [0.15, 0.2) is 0 Å². The fourth-order valence-electron chi connectivity index (χ4n) is 2.41. The minimum atomic E-state index is 0.289. The molecule has 2 rings (SSSR count). The van der Waals surface area contributed by atoms with E-state index in [1.165, 1.54) is 5.56 Å². The Labute approximate surface area is 122 Å². The Morgan fingerprint density at radius 2 is 2.39 bits per heavy atom. The minimum absolute atomic E-state index is 0.289. The Morgan fingerprint density at radius 3 is 3.06 bits per heavy atom. The first kappa shape index (κ1) is 14.3. The van der Waals surface area contributed by atoms with Gasteiger partial charge in [-0.3, -0.25) is 0 Å². The Kier molecular flexibility index (Phi) is 5.49. The first-order chi connectivity index (χ1) is 8.74. The zero-order chi connectivity index (χ0) is 13.0. The van der Waals surface area contributed by atoms with E-state index >= 15 is 0 Å². The van der Waals surface area contributed by atoms with E-state index in [2.05, 4.69) is 34.2 Å². The zero-order valence-corrected chi connectivity index (χ0v) is 12.9. The van der Waals surface area contributed by atoms with Crippen molar-refractivity contribution < 1.29 is 4.74 Å². The van der Waals surface area contributed by atoms with Crippen LogP contribution in [0.25, 0.3) is 0 Å². The molecule has 1 heterocycles. The van der Waals surface area contributed by atoms with Gasteiger partial charge in [0.25, 0.3) is 0 Å². The maximum absolute atomic E-state index is 6.42. The molecule has 1 aromatic carbocycles. The van der Waals surface area contributed by atoms with E-state index in [0.29, 0.717) is 5.92 Å². The van der Waals surface area contributed by atoms with Crippen LogP contribution in [0.15, 0.2) is 22.7 Å². The quantitative estimate of drug-likeness (QED) is 0.873. The monoisotopic (exact) mass is 331 g/mol. The molecule has 1 fully saturated rings. The van der Waals surface area contributed by atoms with E-state index in [9.17, 15) is 0 Å². The van der Waals surface area contributed by atoms with Crippen molar-refractivity contribution in [3.8, 4) is 0 Å². The molecular formula is C14H19BrClNO. The van der Waals surface area contributed by atoms with Crippen molar-refractivity contribution >= 4 is 27.5 Å². The van der Waals surface area contributed by atoms with Gasteiger partial charge in [0.05, 0.1) is 11.6 Å². The molecule has 4 heteroatoms. The lowest BCUT2D eigenvalue weighted by molar-refractivity contribution is 0.176. The standard InChI is InChI=1S/C14H19BrClNO/c1-2-7-17-14(10-6-8-18-9-10)11-4-3-5-12(15)13(11)16/h3-5,10,14,17H,2,6-9H2,1H3. The molecule has 0 amide bonds. The third kappa shape index (κ3) is 3.27. The largest absolute Gasteiger partial charge is 0.381 e. The summed E-state index contributed by atoms with van der Waals surface area (Å²) in [6.45, 7) is 4.87. The fourth-order valence-corrected chi connectivity index (χ4v) is 3.03. The molecule has 0 radical (unpaired) electrons. The van der Waals surface area contributed by atoms with Crippen molar-refractivity contribution in [2.45, 2.75) is 25.8 Å². The van der Waals surface area contributed by atoms with Gasteiger partial charge in [0.1, 0.15) is 0 Å². The van der Waals surface area contributed by atoms with E-state index < -0.39 is 0 Å². The van der Waals surface area contributed by atoms with Crippen LogP contribution in [-0.2, 0) is 4.74 Å². The van der Waals surface area contributed by atoms with Crippen LogP contribution in [0.2, 0.25) is 5.02 Å². The average molecular weight is 333 g/mol. The zero-order valence-electron chi connectivity index (χ0n) is 10.6. The summed E-state index contributed by atoms with van der Waals surface area (Å²) in [5.41, 5.74) is 1.18. The van der Waals surface area contributed by atoms with Crippen LogP contribution in [-0.4, -0.2) is 19.8 Å². The second kappa shape index (κ2) is 6.90. The fraction of sp³-hybridized carbons (Fsp3) is 0.571. The van der Waals surface area contributed by atoms with E-state index in [0.717, 1.165) is 42.1 Å². The second-order valence-electron chi connectivity index (χ2n) is 4.70. The Bertz CT molecular complexity index is 393. The van der Waals surface area contributed by atoms with Gasteiger partial charge < -0.3 is 10.1 Å². The van der Waals surface area contributed by atoms with E-state index in [1.54, 1.807) is 0 Å². The number of benzene rings is 1. The third-order valence-corrected chi connectivity index (χ3v) is 4.68. The Morgan fingerprint density at radius 1 is 1.56 bits per heavy atom. The predicted octanol–water partition coefficient (Wildman–Crippen LogP) is 4.18. The van der Waals surface area contributed by atoms with Crippen molar-refractivity contribution in [2.75, 3.05) is 19.8 Å². The number of nitrogens with one attached hydrogen (secondary N) is 1. The molecule has 0 aromatic heterocycles. The molecule has 1 aliphatic rings. The van der Waals surface area contributed by atoms with Gasteiger partial charge in [-0.05, 0) is 46.9 Å². The molecule has 1 aromatic rings. The van der Waals surface area contributed by atoms with E-state index in [4.69, 9.17) is 16.3 Å². The molecule has 2 unspecified atom stereocenters. The normalized spacial score (nSPS) is 21.2. The smallest absolute Gasteiger partial charge is 0.0595 e. The molecular weight excluding hydrogens is 314 g/mol. The van der Waals surface area contributed by atoms with Crippen LogP contribution >= 0.6 is 27.5 Å². The second-order valence-corrected chi connectivity index (χ2v) is 5.93. The van der Waals surface area contributed by atoms with Crippen molar-refractivity contribution in [3.05, 3.63) is 33.3 Å². The van der Waals surface area contributed by atoms with Gasteiger partial charge in [-0.15, -0.1) is 0 Å². The molecule has 1 saturated heterocycles. The van der Waals surface area contributed by atoms with Gasteiger partial charge in [0, 0.05) is 23.0 Å². The van der Waals surface area contributed by atoms with Crippen LogP contribution in [0.3, 0.4) is 0 Å². The lowest BCUT2D eigenvalue weighted by Gasteiger charge is -2.25. The Hall–Kier alpha value is -0.0900. The molecule has 1 aliphatic heterocycles. The highest BCUT2D eigenvalue weighted by atomic mass is 79.9. The summed E-state index contributed by atoms with van der Waals surface area (Å²) in [5, 5.41) is 4.43. The molecule has 18 heavy (non-hydrogen) atoms. The number of rotatable bonds is 5. The minimum Gasteiger partial charge on any atom is -0.381 e. The lowest BCUT2D eigenvalue weighted by Crippen LogP contribution is -2.29. The van der Waals surface area contributed by atoms with Crippen molar-refractivity contribution in [1.29, 1.82) is 0 Å². The molecule has 2 nitrogen and oxygen atoms in total. The van der Waals surface area contributed by atoms with Crippen molar-refractivity contribution in [2.24, 2.45) is 5.92 Å². The Balaban J connectivity index is 2.23. The number of ether oxygens (including phenoxy) is 1. The number of hydrogen-bond acceptors (Lipinski definition) is 2. The van der Waals surface area contributed by atoms with Crippen molar-refractivity contribution in [1.82, 2.24) is 5.32 Å². The highest BCUT2D eigenvalue weighted by Crippen LogP contribution is 2.36. The summed E-state index contributed by atoms with van der Waals surface area (Å²) in [6, 6.07) is 6.42. The first-order valence-electron chi connectivity index (χ1n) is 6.49. The first-order valence-corrected chi connectivity index (χ1v) is 7.66. The summed E-state index contributed by atoms with van der Waals surface area (Å²) in [5.74, 6) is 0.517. The molecule has 0 aliphatic carbocycles. The molecule has 100 valence electrons. The topological polar surface area (TPSA) is 21.3 Å². The summed E-state index contributed by atoms with van der Waals surface area (Å²) in [6.07, 6.45) is 2.22. The maximum atomic E-state index is 6.42. The van der Waals surface area contributed by atoms with Crippen LogP contribution in [0.5, 0.6) is 0 Å². The van der Waals surface area contributed by atoms with Crippen LogP contribution < -0.4 is 5.32 Å². The average Bonchev–Trinajstić information content (AvgIpc) is 2.88. The van der Waals surface area contributed by atoms with Crippen LogP contribution in [0.1, 0.15) is 31.4 Å². The number of halogens is 2.